The Bertz CT molecular complexity index is 803. The summed E-state index contributed by atoms with van der Waals surface area (Å²) in [6.07, 6.45) is -5.03. The lowest BCUT2D eigenvalue weighted by atomic mass is 10.1. The van der Waals surface area contributed by atoms with Gasteiger partial charge in [0.15, 0.2) is 5.75 Å². The molecular weight excluding hydrogens is 363 g/mol. The lowest BCUT2D eigenvalue weighted by Gasteiger charge is -2.16. The summed E-state index contributed by atoms with van der Waals surface area (Å²) < 4.78 is 43.7. The van der Waals surface area contributed by atoms with Gasteiger partial charge in [-0.3, -0.25) is 9.59 Å². The summed E-state index contributed by atoms with van der Waals surface area (Å²) in [5.41, 5.74) is 0.573. The van der Waals surface area contributed by atoms with Crippen LogP contribution in [0.3, 0.4) is 0 Å². The fraction of sp³-hybridized carbons (Fsp3) is 0.333. The number of amides is 2. The Balaban J connectivity index is 2.26. The zero-order chi connectivity index (χ0) is 20.2. The molecule has 0 aliphatic heterocycles. The number of benzene rings is 1. The minimum Gasteiger partial charge on any atom is -0.484 e. The Kier molecular flexibility index (Phi) is 6.14. The Morgan fingerprint density at radius 2 is 1.74 bits per heavy atom. The van der Waals surface area contributed by atoms with E-state index in [1.165, 1.54) is 13.1 Å². The van der Waals surface area contributed by atoms with Crippen molar-refractivity contribution < 1.29 is 27.5 Å². The highest BCUT2D eigenvalue weighted by Crippen LogP contribution is 2.27. The molecule has 1 heterocycles. The first-order chi connectivity index (χ1) is 12.6. The van der Waals surface area contributed by atoms with Crippen molar-refractivity contribution in [2.24, 2.45) is 0 Å². The summed E-state index contributed by atoms with van der Waals surface area (Å²) in [6.45, 7) is 2.58. The molecule has 6 nitrogen and oxygen atoms in total. The molecule has 2 rings (SSSR count). The van der Waals surface area contributed by atoms with Crippen LogP contribution in [0, 0.1) is 0 Å². The molecule has 2 atom stereocenters. The number of halogens is 3. The van der Waals surface area contributed by atoms with Gasteiger partial charge in [0.25, 0.3) is 11.8 Å². The third kappa shape index (κ3) is 5.02. The minimum atomic E-state index is -4.58. The molecule has 27 heavy (non-hydrogen) atoms. The zero-order valence-electron chi connectivity index (χ0n) is 15.0. The third-order valence-corrected chi connectivity index (χ3v) is 3.89. The first-order valence-electron chi connectivity index (χ1n) is 8.17. The number of ether oxygens (including phenoxy) is 1. The Hall–Kier alpha value is -2.97. The van der Waals surface area contributed by atoms with Crippen LogP contribution in [0.5, 0.6) is 5.75 Å². The standard InChI is InChI=1S/C18H20F3N3O3/c1-10(12-7-5-4-6-8-12)27-14-9-13(24-15(14)17(26)22-3)16(25)23-11(2)18(19,20)21/h4-11,24H,1-3H3,(H,22,26)(H,23,25)/t10-,11-/m0/s1. The highest BCUT2D eigenvalue weighted by Gasteiger charge is 2.37. The average molecular weight is 383 g/mol. The maximum absolute atomic E-state index is 12.6. The number of nitrogens with one attached hydrogen (secondary N) is 3. The first-order valence-corrected chi connectivity index (χ1v) is 8.17. The largest absolute Gasteiger partial charge is 0.484 e. The maximum Gasteiger partial charge on any atom is 0.408 e. The topological polar surface area (TPSA) is 83.2 Å². The smallest absolute Gasteiger partial charge is 0.408 e. The summed E-state index contributed by atoms with van der Waals surface area (Å²) in [7, 11) is 1.39. The van der Waals surface area contributed by atoms with Crippen molar-refractivity contribution in [3.63, 3.8) is 0 Å². The van der Waals surface area contributed by atoms with E-state index >= 15 is 0 Å². The van der Waals surface area contributed by atoms with Crippen molar-refractivity contribution in [1.82, 2.24) is 15.6 Å². The van der Waals surface area contributed by atoms with Crippen molar-refractivity contribution >= 4 is 11.8 Å². The number of aromatic nitrogens is 1. The van der Waals surface area contributed by atoms with Crippen molar-refractivity contribution in [2.75, 3.05) is 7.05 Å². The normalized spacial score (nSPS) is 13.6. The van der Waals surface area contributed by atoms with E-state index in [0.717, 1.165) is 12.5 Å². The van der Waals surface area contributed by atoms with E-state index in [1.807, 2.05) is 35.6 Å². The van der Waals surface area contributed by atoms with Gasteiger partial charge in [-0.25, -0.2) is 0 Å². The first kappa shape index (κ1) is 20.3. The molecule has 0 spiro atoms. The number of rotatable bonds is 6. The van der Waals surface area contributed by atoms with Crippen LogP contribution in [0.4, 0.5) is 13.2 Å². The molecule has 0 saturated heterocycles. The number of alkyl halides is 3. The average Bonchev–Trinajstić information content (AvgIpc) is 3.04. The summed E-state index contributed by atoms with van der Waals surface area (Å²) in [5.74, 6) is -1.49. The van der Waals surface area contributed by atoms with E-state index in [9.17, 15) is 22.8 Å². The zero-order valence-corrected chi connectivity index (χ0v) is 15.0. The minimum absolute atomic E-state index is 0.0508. The maximum atomic E-state index is 12.6. The van der Waals surface area contributed by atoms with Crippen LogP contribution < -0.4 is 15.4 Å². The summed E-state index contributed by atoms with van der Waals surface area (Å²) in [4.78, 5) is 26.7. The van der Waals surface area contributed by atoms with Crippen LogP contribution in [-0.2, 0) is 0 Å². The molecule has 0 bridgehead atoms. The SMILES string of the molecule is CNC(=O)c1[nH]c(C(=O)N[C@@H](C)C(F)(F)F)cc1O[C@@H](C)c1ccccc1. The van der Waals surface area contributed by atoms with Gasteiger partial charge in [0.1, 0.15) is 23.5 Å². The number of aromatic amines is 1. The van der Waals surface area contributed by atoms with Gasteiger partial charge in [0, 0.05) is 13.1 Å². The number of carbonyl (C=O) groups is 2. The quantitative estimate of drug-likeness (QED) is 0.716. The Labute approximate surface area is 154 Å². The Morgan fingerprint density at radius 3 is 2.30 bits per heavy atom. The second-order valence-electron chi connectivity index (χ2n) is 5.91. The van der Waals surface area contributed by atoms with Crippen LogP contribution in [0.2, 0.25) is 0 Å². The summed E-state index contributed by atoms with van der Waals surface area (Å²) in [5, 5.41) is 4.23. The van der Waals surface area contributed by atoms with Crippen LogP contribution >= 0.6 is 0 Å². The molecule has 0 fully saturated rings. The second-order valence-corrected chi connectivity index (χ2v) is 5.91. The van der Waals surface area contributed by atoms with Crippen molar-refractivity contribution in [3.05, 3.63) is 53.3 Å². The van der Waals surface area contributed by atoms with Crippen LogP contribution in [-0.4, -0.2) is 36.1 Å². The van der Waals surface area contributed by atoms with Gasteiger partial charge in [-0.1, -0.05) is 30.3 Å². The molecule has 0 saturated carbocycles. The van der Waals surface area contributed by atoms with Crippen molar-refractivity contribution in [2.45, 2.75) is 32.2 Å². The van der Waals surface area contributed by atoms with E-state index in [2.05, 4.69) is 10.3 Å². The molecule has 9 heteroatoms. The molecule has 2 amide bonds. The fourth-order valence-electron chi connectivity index (χ4n) is 2.28. The van der Waals surface area contributed by atoms with Gasteiger partial charge < -0.3 is 20.4 Å². The van der Waals surface area contributed by atoms with Crippen LogP contribution in [0.1, 0.15) is 46.5 Å². The van der Waals surface area contributed by atoms with Gasteiger partial charge in [-0.2, -0.15) is 13.2 Å². The molecule has 0 unspecified atom stereocenters. The van der Waals surface area contributed by atoms with E-state index in [0.29, 0.717) is 0 Å². The van der Waals surface area contributed by atoms with Gasteiger partial charge in [-0.05, 0) is 19.4 Å². The van der Waals surface area contributed by atoms with Crippen molar-refractivity contribution in [1.29, 1.82) is 0 Å². The predicted molar refractivity (Wildman–Crippen MR) is 92.7 cm³/mol. The van der Waals surface area contributed by atoms with E-state index in [4.69, 9.17) is 4.74 Å². The molecule has 3 N–H and O–H groups in total. The third-order valence-electron chi connectivity index (χ3n) is 3.89. The molecule has 2 aromatic rings. The molecule has 146 valence electrons. The van der Waals surface area contributed by atoms with Gasteiger partial charge in [0.2, 0.25) is 0 Å². The number of H-pyrrole nitrogens is 1. The number of hydrogen-bond donors (Lipinski definition) is 3. The highest BCUT2D eigenvalue weighted by atomic mass is 19.4. The number of hydrogen-bond acceptors (Lipinski definition) is 3. The molecule has 0 radical (unpaired) electrons. The molecule has 1 aromatic carbocycles. The van der Waals surface area contributed by atoms with Gasteiger partial charge in [0.05, 0.1) is 0 Å². The molecule has 0 aliphatic carbocycles. The molecule has 0 aliphatic rings. The fourth-order valence-corrected chi connectivity index (χ4v) is 2.28. The highest BCUT2D eigenvalue weighted by molar-refractivity contribution is 5.99. The van der Waals surface area contributed by atoms with Crippen LogP contribution in [0.25, 0.3) is 0 Å². The monoisotopic (exact) mass is 383 g/mol. The Morgan fingerprint density at radius 1 is 1.11 bits per heavy atom. The second kappa shape index (κ2) is 8.15. The van der Waals surface area contributed by atoms with Gasteiger partial charge >= 0.3 is 6.18 Å². The molecular formula is C18H20F3N3O3. The van der Waals surface area contributed by atoms with Crippen LogP contribution in [0.15, 0.2) is 36.4 Å². The lowest BCUT2D eigenvalue weighted by molar-refractivity contribution is -0.149. The predicted octanol–water partition coefficient (Wildman–Crippen LogP) is 3.19. The number of carbonyl (C=O) groups excluding carboxylic acids is 2. The van der Waals surface area contributed by atoms with E-state index in [-0.39, 0.29) is 17.1 Å². The lowest BCUT2D eigenvalue weighted by Crippen LogP contribution is -2.43. The van der Waals surface area contributed by atoms with Crippen molar-refractivity contribution in [3.8, 4) is 5.75 Å². The van der Waals surface area contributed by atoms with E-state index in [1.54, 1.807) is 6.92 Å². The summed E-state index contributed by atoms with van der Waals surface area (Å²) in [6, 6.07) is 8.32. The summed E-state index contributed by atoms with van der Waals surface area (Å²) >= 11 is 0. The molecule has 1 aromatic heterocycles. The van der Waals surface area contributed by atoms with Gasteiger partial charge in [-0.15, -0.1) is 0 Å². The van der Waals surface area contributed by atoms with E-state index < -0.39 is 30.1 Å².